The number of rotatable bonds is 1. The van der Waals surface area contributed by atoms with E-state index in [1.165, 1.54) is 32.7 Å². The quantitative estimate of drug-likeness (QED) is 0.255. The second kappa shape index (κ2) is 18.3. The van der Waals surface area contributed by atoms with Crippen LogP contribution in [0.1, 0.15) is 25.8 Å². The molecule has 0 atom stereocenters. The Balaban J connectivity index is 0. The molecule has 5 rings (SSSR count). The molecular weight excluding hydrogens is 515 g/mol. The summed E-state index contributed by atoms with van der Waals surface area (Å²) < 4.78 is 0. The second-order valence-corrected chi connectivity index (χ2v) is 5.90. The Morgan fingerprint density at radius 1 is 0.710 bits per heavy atom. The largest absolute Gasteiger partial charge is 4.00 e. The van der Waals surface area contributed by atoms with E-state index in [2.05, 4.69) is 107 Å². The average molecular weight is 542 g/mol. The Hall–Kier alpha value is -1.31. The molecule has 0 aliphatic heterocycles. The fourth-order valence-corrected chi connectivity index (χ4v) is 3.13. The Morgan fingerprint density at radius 3 is 1.61 bits per heavy atom. The van der Waals surface area contributed by atoms with Gasteiger partial charge in [-0.3, -0.25) is 6.08 Å². The Kier molecular flexibility index (Phi) is 18.8. The van der Waals surface area contributed by atoms with Crippen LogP contribution in [0.4, 0.5) is 0 Å². The first kappa shape index (κ1) is 31.9. The monoisotopic (exact) mass is 539 g/mol. The minimum Gasteiger partial charge on any atom is -1.00 e. The molecular formula is C27H27Cl2SiZr. The molecule has 0 nitrogen and oxygen atoms in total. The van der Waals surface area contributed by atoms with Crippen LogP contribution in [0.15, 0.2) is 97.1 Å². The van der Waals surface area contributed by atoms with Gasteiger partial charge >= 0.3 is 26.2 Å². The van der Waals surface area contributed by atoms with Gasteiger partial charge in [-0.05, 0) is 0 Å². The van der Waals surface area contributed by atoms with Gasteiger partial charge in [0.2, 0.25) is 0 Å². The first-order chi connectivity index (χ1) is 13.9. The predicted molar refractivity (Wildman–Crippen MR) is 127 cm³/mol. The van der Waals surface area contributed by atoms with Gasteiger partial charge in [0.1, 0.15) is 0 Å². The Labute approximate surface area is 222 Å². The summed E-state index contributed by atoms with van der Waals surface area (Å²) in [6.07, 6.45) is 8.36. The smallest absolute Gasteiger partial charge is 1.00 e. The molecule has 0 heterocycles. The number of benzene rings is 3. The van der Waals surface area contributed by atoms with Gasteiger partial charge < -0.3 is 24.8 Å². The predicted octanol–water partition coefficient (Wildman–Crippen LogP) is 1.78. The van der Waals surface area contributed by atoms with E-state index in [0.717, 1.165) is 6.42 Å². The molecule has 0 bridgehead atoms. The number of hydrogen-bond acceptors (Lipinski definition) is 0. The van der Waals surface area contributed by atoms with Crippen molar-refractivity contribution < 1.29 is 51.0 Å². The van der Waals surface area contributed by atoms with Crippen molar-refractivity contribution in [3.05, 3.63) is 109 Å². The van der Waals surface area contributed by atoms with Crippen LogP contribution in [0.25, 0.3) is 27.1 Å². The van der Waals surface area contributed by atoms with E-state index in [0.29, 0.717) is 0 Å². The van der Waals surface area contributed by atoms with Crippen LogP contribution in [0.3, 0.4) is 0 Å². The van der Waals surface area contributed by atoms with Crippen molar-refractivity contribution in [2.75, 3.05) is 0 Å². The van der Waals surface area contributed by atoms with Gasteiger partial charge in [0.25, 0.3) is 0 Å². The molecule has 157 valence electrons. The van der Waals surface area contributed by atoms with Crippen molar-refractivity contribution in [1.82, 2.24) is 0 Å². The molecule has 4 heteroatoms. The van der Waals surface area contributed by atoms with E-state index in [9.17, 15) is 0 Å². The number of halogens is 2. The van der Waals surface area contributed by atoms with Gasteiger partial charge in [-0.25, -0.2) is 6.08 Å². The molecule has 4 aromatic rings. The zero-order valence-electron chi connectivity index (χ0n) is 18.2. The molecule has 1 aliphatic carbocycles. The third kappa shape index (κ3) is 8.99. The van der Waals surface area contributed by atoms with Crippen molar-refractivity contribution in [1.29, 1.82) is 0 Å². The molecule has 0 fully saturated rings. The third-order valence-corrected chi connectivity index (χ3v) is 4.33. The fourth-order valence-electron chi connectivity index (χ4n) is 3.13. The molecule has 0 spiro atoms. The van der Waals surface area contributed by atoms with Crippen molar-refractivity contribution >= 4 is 37.4 Å². The minimum absolute atomic E-state index is 0. The van der Waals surface area contributed by atoms with Gasteiger partial charge in [-0.1, -0.05) is 87.1 Å². The maximum atomic E-state index is 3.15. The van der Waals surface area contributed by atoms with Crippen LogP contribution < -0.4 is 24.8 Å². The van der Waals surface area contributed by atoms with Crippen LogP contribution in [-0.4, -0.2) is 10.2 Å². The topological polar surface area (TPSA) is 0 Å². The average Bonchev–Trinajstić information content (AvgIpc) is 3.46. The number of fused-ring (bicyclic) bond motifs is 3. The molecule has 0 aromatic heterocycles. The summed E-state index contributed by atoms with van der Waals surface area (Å²) in [5.74, 6) is 0. The van der Waals surface area contributed by atoms with Crippen molar-refractivity contribution in [3.8, 4) is 0 Å². The molecule has 0 saturated heterocycles. The summed E-state index contributed by atoms with van der Waals surface area (Å²) in [6.45, 7) is 5.81. The number of hydrogen-bond donors (Lipinski definition) is 0. The zero-order chi connectivity index (χ0) is 20.2. The summed E-state index contributed by atoms with van der Waals surface area (Å²) >= 11 is 0. The summed E-state index contributed by atoms with van der Waals surface area (Å²) in [4.78, 5) is 0. The molecule has 0 saturated carbocycles. The van der Waals surface area contributed by atoms with Crippen LogP contribution >= 0.6 is 0 Å². The van der Waals surface area contributed by atoms with E-state index in [1.54, 1.807) is 6.55 Å². The van der Waals surface area contributed by atoms with Gasteiger partial charge in [0, 0.05) is 10.2 Å². The molecule has 1 aliphatic rings. The van der Waals surface area contributed by atoms with E-state index < -0.39 is 0 Å². The van der Waals surface area contributed by atoms with E-state index in [1.807, 2.05) is 19.9 Å². The molecule has 31 heavy (non-hydrogen) atoms. The van der Waals surface area contributed by atoms with Gasteiger partial charge in [-0.15, -0.1) is 51.7 Å². The summed E-state index contributed by atoms with van der Waals surface area (Å²) in [5, 5.41) is 5.39. The van der Waals surface area contributed by atoms with E-state index >= 15 is 0 Å². The summed E-state index contributed by atoms with van der Waals surface area (Å²) in [6, 6.07) is 29.7. The first-order valence-corrected chi connectivity index (χ1v) is 10.8. The normalized spacial score (nSPS) is 10.4. The molecule has 3 radical (unpaired) electrons. The maximum absolute atomic E-state index is 3.15. The molecule has 0 N–H and O–H groups in total. The third-order valence-electron chi connectivity index (χ3n) is 4.33. The SMILES string of the molecule is CC.C[Si].[C-]1=CC(c2ccccc2)=CC1.[Cl-].[Cl-].[Zr+4].c1ccc2c(c1)[cH-]c1ccccc12. The zero-order valence-corrected chi connectivity index (χ0v) is 23.2. The fraction of sp³-hybridized carbons (Fsp3) is 0.148. The van der Waals surface area contributed by atoms with Crippen molar-refractivity contribution in [3.63, 3.8) is 0 Å². The molecule has 0 unspecified atom stereocenters. The van der Waals surface area contributed by atoms with Crippen molar-refractivity contribution in [2.24, 2.45) is 0 Å². The van der Waals surface area contributed by atoms with Gasteiger partial charge in [-0.2, -0.15) is 11.6 Å². The molecule has 4 aromatic carbocycles. The standard InChI is InChI=1S/C13H9.C11H9.C2H6.CH3Si.2ClH.Zr/c1-3-7-12-10(5-1)9-11-6-2-4-8-13(11)12;1-2-6-10(7-3-1)11-8-4-5-9-11;2*1-2;;;/h1-9H;1-3,6-9H,4H2;1-2H3;1H3;2*1H;/q2*-1;;;;;+4/p-2. The van der Waals surface area contributed by atoms with Crippen molar-refractivity contribution in [2.45, 2.75) is 26.8 Å². The van der Waals surface area contributed by atoms with Crippen LogP contribution in [0.2, 0.25) is 6.55 Å². The van der Waals surface area contributed by atoms with Crippen LogP contribution in [0, 0.1) is 6.08 Å². The Morgan fingerprint density at radius 2 is 1.16 bits per heavy atom. The van der Waals surface area contributed by atoms with Gasteiger partial charge in [0.05, 0.1) is 0 Å². The number of allylic oxidation sites excluding steroid dienone is 4. The van der Waals surface area contributed by atoms with Gasteiger partial charge in [0.15, 0.2) is 0 Å². The Bertz CT molecular complexity index is 986. The van der Waals surface area contributed by atoms with E-state index in [4.69, 9.17) is 0 Å². The van der Waals surface area contributed by atoms with Crippen LogP contribution in [0.5, 0.6) is 0 Å². The first-order valence-electron chi connectivity index (χ1n) is 9.77. The maximum Gasteiger partial charge on any atom is 4.00 e. The summed E-state index contributed by atoms with van der Waals surface area (Å²) in [5.41, 5.74) is 2.59. The van der Waals surface area contributed by atoms with E-state index in [-0.39, 0.29) is 51.0 Å². The van der Waals surface area contributed by atoms with Crippen LogP contribution in [-0.2, 0) is 26.2 Å². The second-order valence-electron chi connectivity index (χ2n) is 5.90. The summed E-state index contributed by atoms with van der Waals surface area (Å²) in [7, 11) is 2.97. The molecule has 0 amide bonds. The minimum atomic E-state index is 0.